The largest absolute Gasteiger partial charge is 0.459 e. The molecule has 2 aromatic rings. The summed E-state index contributed by atoms with van der Waals surface area (Å²) >= 11 is 3.04. The second-order valence-electron chi connectivity index (χ2n) is 6.45. The summed E-state index contributed by atoms with van der Waals surface area (Å²) in [7, 11) is 0. The van der Waals surface area contributed by atoms with Gasteiger partial charge < -0.3 is 10.1 Å². The van der Waals surface area contributed by atoms with Crippen molar-refractivity contribution in [3.8, 4) is 0 Å². The summed E-state index contributed by atoms with van der Waals surface area (Å²) in [5.74, 6) is -0.489. The Bertz CT molecular complexity index is 792. The van der Waals surface area contributed by atoms with Gasteiger partial charge in [0.05, 0.1) is 28.8 Å². The minimum absolute atomic E-state index is 0.150. The van der Waals surface area contributed by atoms with E-state index in [9.17, 15) is 9.59 Å². The highest BCUT2D eigenvalue weighted by Gasteiger charge is 2.27. The summed E-state index contributed by atoms with van der Waals surface area (Å²) in [5.41, 5.74) is 2.37. The van der Waals surface area contributed by atoms with Crippen LogP contribution in [0.15, 0.2) is 5.38 Å². The van der Waals surface area contributed by atoms with Crippen LogP contribution in [0.25, 0.3) is 0 Å². The van der Waals surface area contributed by atoms with Crippen LogP contribution in [-0.2, 0) is 28.8 Å². The Balaban J connectivity index is 1.83. The first-order valence-electron chi connectivity index (χ1n) is 8.50. The van der Waals surface area contributed by atoms with Crippen LogP contribution in [0.5, 0.6) is 0 Å². The Labute approximate surface area is 155 Å². The predicted octanol–water partition coefficient (Wildman–Crippen LogP) is 4.14. The van der Waals surface area contributed by atoms with Crippen molar-refractivity contribution in [3.63, 3.8) is 0 Å². The van der Waals surface area contributed by atoms with Crippen LogP contribution in [0.3, 0.4) is 0 Å². The van der Waals surface area contributed by atoms with Gasteiger partial charge in [-0.25, -0.2) is 9.78 Å². The number of aryl methyl sites for hydroxylation is 2. The first-order chi connectivity index (χ1) is 11.9. The van der Waals surface area contributed by atoms with Crippen LogP contribution < -0.4 is 5.32 Å². The van der Waals surface area contributed by atoms with E-state index in [0.29, 0.717) is 10.6 Å². The van der Waals surface area contributed by atoms with Gasteiger partial charge in [0.1, 0.15) is 5.00 Å². The molecule has 0 fully saturated rings. The van der Waals surface area contributed by atoms with E-state index >= 15 is 0 Å². The van der Waals surface area contributed by atoms with Crippen LogP contribution in [0.1, 0.15) is 58.2 Å². The molecule has 25 heavy (non-hydrogen) atoms. The van der Waals surface area contributed by atoms with Crippen molar-refractivity contribution in [1.29, 1.82) is 0 Å². The Kier molecular flexibility index (Phi) is 5.54. The molecule has 1 aliphatic carbocycles. The zero-order valence-electron chi connectivity index (χ0n) is 14.7. The molecular weight excluding hydrogens is 356 g/mol. The summed E-state index contributed by atoms with van der Waals surface area (Å²) in [4.78, 5) is 30.5. The summed E-state index contributed by atoms with van der Waals surface area (Å²) in [6.45, 7) is 5.58. The average Bonchev–Trinajstić information content (AvgIpc) is 3.09. The number of aromatic nitrogens is 1. The van der Waals surface area contributed by atoms with Crippen molar-refractivity contribution in [1.82, 2.24) is 4.98 Å². The summed E-state index contributed by atoms with van der Waals surface area (Å²) < 4.78 is 5.41. The fourth-order valence-corrected chi connectivity index (χ4v) is 4.87. The lowest BCUT2D eigenvalue weighted by Gasteiger charge is -2.14. The molecule has 0 radical (unpaired) electrons. The molecule has 0 bridgehead atoms. The SMILES string of the molecule is Cc1nc(CC(=O)Nc2sc3c(c2C(=O)OC(C)C)CCCC3)cs1. The first kappa shape index (κ1) is 18.1. The lowest BCUT2D eigenvalue weighted by Crippen LogP contribution is -2.19. The van der Waals surface area contributed by atoms with E-state index in [1.54, 1.807) is 0 Å². The van der Waals surface area contributed by atoms with Gasteiger partial charge in [-0.15, -0.1) is 22.7 Å². The van der Waals surface area contributed by atoms with Crippen molar-refractivity contribution in [2.24, 2.45) is 0 Å². The number of rotatable bonds is 5. The number of thiophene rings is 1. The fourth-order valence-electron chi connectivity index (χ4n) is 2.97. The summed E-state index contributed by atoms with van der Waals surface area (Å²) in [6.07, 6.45) is 4.05. The van der Waals surface area contributed by atoms with Crippen molar-refractivity contribution >= 4 is 39.6 Å². The van der Waals surface area contributed by atoms with Crippen LogP contribution in [0, 0.1) is 6.92 Å². The molecule has 0 aromatic carbocycles. The van der Waals surface area contributed by atoms with Crippen molar-refractivity contribution in [2.45, 2.75) is 59.0 Å². The Morgan fingerprint density at radius 3 is 2.76 bits per heavy atom. The number of carbonyl (C=O) groups is 2. The van der Waals surface area contributed by atoms with Gasteiger partial charge in [0.2, 0.25) is 5.91 Å². The Morgan fingerprint density at radius 2 is 2.08 bits per heavy atom. The maximum absolute atomic E-state index is 12.6. The van der Waals surface area contributed by atoms with Gasteiger partial charge in [0, 0.05) is 10.3 Å². The number of thiazole rings is 1. The number of hydrogen-bond acceptors (Lipinski definition) is 6. The third-order valence-electron chi connectivity index (χ3n) is 3.98. The lowest BCUT2D eigenvalue weighted by atomic mass is 9.95. The van der Waals surface area contributed by atoms with Gasteiger partial charge in [-0.2, -0.15) is 0 Å². The molecule has 2 heterocycles. The molecule has 1 amide bonds. The molecular formula is C18H22N2O3S2. The zero-order valence-corrected chi connectivity index (χ0v) is 16.3. The maximum atomic E-state index is 12.6. The predicted molar refractivity (Wildman–Crippen MR) is 101 cm³/mol. The standard InChI is InChI=1S/C18H22N2O3S2/c1-10(2)23-18(22)16-13-6-4-5-7-14(13)25-17(16)20-15(21)8-12-9-24-11(3)19-12/h9-10H,4-8H2,1-3H3,(H,20,21). The second-order valence-corrected chi connectivity index (χ2v) is 8.62. The van der Waals surface area contributed by atoms with E-state index in [0.717, 1.165) is 41.9 Å². The Hall–Kier alpha value is -1.73. The minimum atomic E-state index is -0.339. The summed E-state index contributed by atoms with van der Waals surface area (Å²) in [5, 5.41) is 6.37. The van der Waals surface area contributed by atoms with Crippen molar-refractivity contribution in [3.05, 3.63) is 32.1 Å². The van der Waals surface area contributed by atoms with Crippen LogP contribution in [-0.4, -0.2) is 23.0 Å². The van der Waals surface area contributed by atoms with Gasteiger partial charge in [-0.3, -0.25) is 4.79 Å². The summed E-state index contributed by atoms with van der Waals surface area (Å²) in [6, 6.07) is 0. The smallest absolute Gasteiger partial charge is 0.341 e. The zero-order chi connectivity index (χ0) is 18.0. The molecule has 0 unspecified atom stereocenters. The number of amides is 1. The molecule has 0 spiro atoms. The first-order valence-corrected chi connectivity index (χ1v) is 10.2. The molecule has 0 atom stereocenters. The topological polar surface area (TPSA) is 68.3 Å². The molecule has 1 aliphatic rings. The monoisotopic (exact) mass is 378 g/mol. The van der Waals surface area contributed by atoms with Crippen LogP contribution in [0.2, 0.25) is 0 Å². The van der Waals surface area contributed by atoms with Crippen LogP contribution in [0.4, 0.5) is 5.00 Å². The highest BCUT2D eigenvalue weighted by molar-refractivity contribution is 7.17. The molecule has 0 saturated carbocycles. The maximum Gasteiger partial charge on any atom is 0.341 e. The number of ether oxygens (including phenoxy) is 1. The second kappa shape index (κ2) is 7.66. The van der Waals surface area contributed by atoms with E-state index in [4.69, 9.17) is 4.74 Å². The van der Waals surface area contributed by atoms with E-state index < -0.39 is 0 Å². The number of nitrogens with zero attached hydrogens (tertiary/aromatic N) is 1. The lowest BCUT2D eigenvalue weighted by molar-refractivity contribution is -0.115. The van der Waals surface area contributed by atoms with E-state index in [1.807, 2.05) is 26.2 Å². The van der Waals surface area contributed by atoms with Gasteiger partial charge in [0.25, 0.3) is 0 Å². The van der Waals surface area contributed by atoms with Gasteiger partial charge in [-0.05, 0) is 52.0 Å². The third kappa shape index (κ3) is 4.27. The van der Waals surface area contributed by atoms with E-state index in [1.165, 1.54) is 27.6 Å². The van der Waals surface area contributed by atoms with E-state index in [2.05, 4.69) is 10.3 Å². The average molecular weight is 379 g/mol. The molecule has 1 N–H and O–H groups in total. The molecule has 5 nitrogen and oxygen atoms in total. The normalized spacial score (nSPS) is 13.6. The molecule has 2 aromatic heterocycles. The van der Waals surface area contributed by atoms with Gasteiger partial charge in [-0.1, -0.05) is 0 Å². The van der Waals surface area contributed by atoms with Gasteiger partial charge in [0.15, 0.2) is 0 Å². The number of nitrogens with one attached hydrogen (secondary N) is 1. The molecule has 0 saturated heterocycles. The third-order valence-corrected chi connectivity index (χ3v) is 6.01. The number of carbonyl (C=O) groups excluding carboxylic acids is 2. The number of esters is 1. The minimum Gasteiger partial charge on any atom is -0.459 e. The number of hydrogen-bond donors (Lipinski definition) is 1. The highest BCUT2D eigenvalue weighted by Crippen LogP contribution is 2.38. The Morgan fingerprint density at radius 1 is 1.32 bits per heavy atom. The molecule has 7 heteroatoms. The van der Waals surface area contributed by atoms with Crippen LogP contribution >= 0.6 is 22.7 Å². The number of fused-ring (bicyclic) bond motifs is 1. The molecule has 0 aliphatic heterocycles. The number of anilines is 1. The van der Waals surface area contributed by atoms with E-state index in [-0.39, 0.29) is 24.4 Å². The van der Waals surface area contributed by atoms with Crippen molar-refractivity contribution in [2.75, 3.05) is 5.32 Å². The quantitative estimate of drug-likeness (QED) is 0.794. The molecule has 134 valence electrons. The van der Waals surface area contributed by atoms with Crippen molar-refractivity contribution < 1.29 is 14.3 Å². The highest BCUT2D eigenvalue weighted by atomic mass is 32.1. The van der Waals surface area contributed by atoms with Gasteiger partial charge >= 0.3 is 5.97 Å². The fraction of sp³-hybridized carbons (Fsp3) is 0.500. The molecule has 3 rings (SSSR count).